The Hall–Kier alpha value is -1.63. The van der Waals surface area contributed by atoms with E-state index in [0.717, 1.165) is 6.07 Å². The van der Waals surface area contributed by atoms with Crippen molar-refractivity contribution >= 4 is 17.4 Å². The second-order valence-corrected chi connectivity index (χ2v) is 4.87. The number of halogens is 4. The minimum Gasteiger partial charge on any atom is -0.463 e. The normalized spacial score (nSPS) is 11.1. The molecule has 108 valence electrons. The molecule has 0 atom stereocenters. The van der Waals surface area contributed by atoms with Gasteiger partial charge in [0, 0.05) is 0 Å². The summed E-state index contributed by atoms with van der Waals surface area (Å²) in [6, 6.07) is 6.98. The molecule has 0 bridgehead atoms. The molecule has 0 aliphatic rings. The summed E-state index contributed by atoms with van der Waals surface area (Å²) in [5.74, 6) is -3.43. The van der Waals surface area contributed by atoms with Gasteiger partial charge in [0.05, 0.1) is 18.0 Å². The van der Waals surface area contributed by atoms with E-state index in [1.165, 1.54) is 12.1 Å². The largest absolute Gasteiger partial charge is 0.463 e. The van der Waals surface area contributed by atoms with Gasteiger partial charge >= 0.3 is 0 Å². The standard InChI is InChI=1S/C13H11F4NOS/c14-10-2-1-3-11(12(10)15)18-6-8-4-5-9(19-8)7-20-13(16)17/h1-5,13,18H,6-7H2. The summed E-state index contributed by atoms with van der Waals surface area (Å²) in [6.07, 6.45) is 0. The topological polar surface area (TPSA) is 25.2 Å². The molecule has 0 aliphatic carbocycles. The summed E-state index contributed by atoms with van der Waals surface area (Å²) in [5, 5.41) is 2.68. The van der Waals surface area contributed by atoms with Crippen molar-refractivity contribution in [3.63, 3.8) is 0 Å². The number of benzene rings is 1. The van der Waals surface area contributed by atoms with Gasteiger partial charge in [-0.2, -0.15) is 8.78 Å². The van der Waals surface area contributed by atoms with Crippen LogP contribution in [-0.4, -0.2) is 5.76 Å². The number of alkyl halides is 2. The molecule has 2 aromatic rings. The second kappa shape index (κ2) is 6.69. The van der Waals surface area contributed by atoms with Gasteiger partial charge in [0.15, 0.2) is 11.6 Å². The molecule has 2 rings (SSSR count). The quantitative estimate of drug-likeness (QED) is 0.788. The maximum absolute atomic E-state index is 13.4. The number of rotatable bonds is 6. The van der Waals surface area contributed by atoms with Gasteiger partial charge in [-0.3, -0.25) is 0 Å². The Balaban J connectivity index is 1.92. The van der Waals surface area contributed by atoms with Crippen LogP contribution in [-0.2, 0) is 12.3 Å². The molecule has 0 radical (unpaired) electrons. The SMILES string of the molecule is Fc1cccc(NCc2ccc(CSC(F)F)o2)c1F. The van der Waals surface area contributed by atoms with Gasteiger partial charge in [-0.05, 0) is 24.3 Å². The zero-order valence-corrected chi connectivity index (χ0v) is 11.0. The molecule has 0 unspecified atom stereocenters. The van der Waals surface area contributed by atoms with E-state index < -0.39 is 17.4 Å². The first kappa shape index (κ1) is 14.8. The van der Waals surface area contributed by atoms with Gasteiger partial charge < -0.3 is 9.73 Å². The number of hydrogen-bond donors (Lipinski definition) is 1. The van der Waals surface area contributed by atoms with E-state index in [2.05, 4.69) is 5.32 Å². The third kappa shape index (κ3) is 3.93. The van der Waals surface area contributed by atoms with Gasteiger partial charge in [0.1, 0.15) is 11.5 Å². The van der Waals surface area contributed by atoms with E-state index in [9.17, 15) is 17.6 Å². The van der Waals surface area contributed by atoms with Crippen molar-refractivity contribution in [1.29, 1.82) is 0 Å². The first-order chi connectivity index (χ1) is 9.56. The van der Waals surface area contributed by atoms with E-state index in [1.807, 2.05) is 0 Å². The Labute approximate surface area is 117 Å². The van der Waals surface area contributed by atoms with Gasteiger partial charge in [-0.1, -0.05) is 17.8 Å². The predicted octanol–water partition coefficient (Wildman–Crippen LogP) is 4.63. The Kier molecular flexibility index (Phi) is 4.94. The maximum Gasteiger partial charge on any atom is 0.284 e. The Morgan fingerprint density at radius 2 is 1.85 bits per heavy atom. The molecule has 7 heteroatoms. The fourth-order valence-electron chi connectivity index (χ4n) is 1.56. The van der Waals surface area contributed by atoms with Crippen LogP contribution < -0.4 is 5.32 Å². The Morgan fingerprint density at radius 3 is 2.60 bits per heavy atom. The van der Waals surface area contributed by atoms with Gasteiger partial charge in [-0.25, -0.2) is 8.78 Å². The predicted molar refractivity (Wildman–Crippen MR) is 69.7 cm³/mol. The zero-order chi connectivity index (χ0) is 14.5. The highest BCUT2D eigenvalue weighted by atomic mass is 32.2. The van der Waals surface area contributed by atoms with Crippen molar-refractivity contribution in [2.75, 3.05) is 5.32 Å². The van der Waals surface area contributed by atoms with Crippen molar-refractivity contribution < 1.29 is 22.0 Å². The molecule has 0 fully saturated rings. The Morgan fingerprint density at radius 1 is 1.10 bits per heavy atom. The molecule has 2 nitrogen and oxygen atoms in total. The lowest BCUT2D eigenvalue weighted by Gasteiger charge is -2.06. The van der Waals surface area contributed by atoms with Crippen LogP contribution in [0.5, 0.6) is 0 Å². The lowest BCUT2D eigenvalue weighted by Crippen LogP contribution is -2.01. The molecular formula is C13H11F4NOS. The first-order valence-electron chi connectivity index (χ1n) is 5.71. The van der Waals surface area contributed by atoms with E-state index in [-0.39, 0.29) is 18.0 Å². The summed E-state index contributed by atoms with van der Waals surface area (Å²) in [7, 11) is 0. The monoisotopic (exact) mass is 305 g/mol. The van der Waals surface area contributed by atoms with Crippen molar-refractivity contribution in [3.8, 4) is 0 Å². The average molecular weight is 305 g/mol. The number of furan rings is 1. The van der Waals surface area contributed by atoms with Crippen molar-refractivity contribution in [2.24, 2.45) is 0 Å². The molecule has 20 heavy (non-hydrogen) atoms. The van der Waals surface area contributed by atoms with Gasteiger partial charge in [0.2, 0.25) is 0 Å². The highest BCUT2D eigenvalue weighted by Gasteiger charge is 2.09. The van der Waals surface area contributed by atoms with E-state index in [0.29, 0.717) is 23.3 Å². The highest BCUT2D eigenvalue weighted by Crippen LogP contribution is 2.22. The third-order valence-electron chi connectivity index (χ3n) is 2.47. The summed E-state index contributed by atoms with van der Waals surface area (Å²) in [5.41, 5.74) is 0.0184. The fraction of sp³-hybridized carbons (Fsp3) is 0.231. The van der Waals surface area contributed by atoms with Crippen molar-refractivity contribution in [3.05, 3.63) is 53.5 Å². The minimum absolute atomic E-state index is 0.0184. The molecule has 0 aliphatic heterocycles. The smallest absolute Gasteiger partial charge is 0.284 e. The average Bonchev–Trinajstić information content (AvgIpc) is 2.86. The molecule has 1 N–H and O–H groups in total. The van der Waals surface area contributed by atoms with Gasteiger partial charge in [0.25, 0.3) is 5.76 Å². The summed E-state index contributed by atoms with van der Waals surface area (Å²) < 4.78 is 55.7. The number of hydrogen-bond acceptors (Lipinski definition) is 3. The second-order valence-electron chi connectivity index (χ2n) is 3.89. The van der Waals surface area contributed by atoms with Crippen LogP contribution in [0.3, 0.4) is 0 Å². The van der Waals surface area contributed by atoms with Crippen LogP contribution in [0.4, 0.5) is 23.2 Å². The van der Waals surface area contributed by atoms with E-state index in [4.69, 9.17) is 4.42 Å². The van der Waals surface area contributed by atoms with Crippen molar-refractivity contribution in [2.45, 2.75) is 18.1 Å². The molecular weight excluding hydrogens is 294 g/mol. The van der Waals surface area contributed by atoms with Crippen LogP contribution in [0, 0.1) is 11.6 Å². The van der Waals surface area contributed by atoms with E-state index >= 15 is 0 Å². The van der Waals surface area contributed by atoms with Crippen LogP contribution in [0.2, 0.25) is 0 Å². The number of anilines is 1. The molecule has 0 saturated heterocycles. The molecule has 1 aromatic carbocycles. The molecule has 0 saturated carbocycles. The van der Waals surface area contributed by atoms with Crippen LogP contribution in [0.1, 0.15) is 11.5 Å². The lowest BCUT2D eigenvalue weighted by molar-refractivity contribution is 0.251. The molecule has 1 heterocycles. The maximum atomic E-state index is 13.4. The molecule has 0 spiro atoms. The highest BCUT2D eigenvalue weighted by molar-refractivity contribution is 7.98. The van der Waals surface area contributed by atoms with Gasteiger partial charge in [-0.15, -0.1) is 0 Å². The van der Waals surface area contributed by atoms with Crippen LogP contribution in [0.15, 0.2) is 34.7 Å². The third-order valence-corrected chi connectivity index (χ3v) is 3.18. The summed E-state index contributed by atoms with van der Waals surface area (Å²) in [4.78, 5) is 0. The van der Waals surface area contributed by atoms with Crippen LogP contribution in [0.25, 0.3) is 0 Å². The fourth-order valence-corrected chi connectivity index (χ4v) is 2.01. The van der Waals surface area contributed by atoms with Crippen molar-refractivity contribution in [1.82, 2.24) is 0 Å². The van der Waals surface area contributed by atoms with E-state index in [1.54, 1.807) is 12.1 Å². The summed E-state index contributed by atoms with van der Waals surface area (Å²) in [6.45, 7) is 0.139. The molecule has 1 aromatic heterocycles. The minimum atomic E-state index is -2.46. The Bertz CT molecular complexity index is 573. The van der Waals surface area contributed by atoms with Crippen LogP contribution >= 0.6 is 11.8 Å². The summed E-state index contributed by atoms with van der Waals surface area (Å²) >= 11 is 0.459. The molecule has 0 amide bonds. The number of nitrogens with one attached hydrogen (secondary N) is 1. The number of thioether (sulfide) groups is 1. The lowest BCUT2D eigenvalue weighted by atomic mass is 10.3. The first-order valence-corrected chi connectivity index (χ1v) is 6.76. The zero-order valence-electron chi connectivity index (χ0n) is 10.2.